The molecule has 1 amide bonds. The van der Waals surface area contributed by atoms with Crippen LogP contribution in [0.5, 0.6) is 0 Å². The molecule has 4 rings (SSSR count). The number of amides is 1. The molecule has 0 N–H and O–H groups in total. The van der Waals surface area contributed by atoms with Crippen LogP contribution < -0.4 is 0 Å². The van der Waals surface area contributed by atoms with Gasteiger partial charge < -0.3 is 4.90 Å². The third kappa shape index (κ3) is 2.95. The number of likely N-dealkylation sites (tertiary alicyclic amines) is 2. The van der Waals surface area contributed by atoms with Crippen LogP contribution in [-0.2, 0) is 17.8 Å². The van der Waals surface area contributed by atoms with E-state index in [4.69, 9.17) is 0 Å². The second kappa shape index (κ2) is 6.00. The highest BCUT2D eigenvalue weighted by molar-refractivity contribution is 7.09. The molecule has 4 nitrogen and oxygen atoms in total. The van der Waals surface area contributed by atoms with Gasteiger partial charge >= 0.3 is 0 Å². The first-order valence-corrected chi connectivity index (χ1v) is 9.92. The summed E-state index contributed by atoms with van der Waals surface area (Å²) in [6.07, 6.45) is 2.86. The molecule has 1 atom stereocenters. The van der Waals surface area contributed by atoms with Gasteiger partial charge in [-0.1, -0.05) is 0 Å². The van der Waals surface area contributed by atoms with Crippen LogP contribution in [0.15, 0.2) is 22.2 Å². The van der Waals surface area contributed by atoms with Gasteiger partial charge in [-0.25, -0.2) is 4.98 Å². The van der Waals surface area contributed by atoms with Crippen LogP contribution in [0.2, 0.25) is 0 Å². The maximum absolute atomic E-state index is 12.5. The van der Waals surface area contributed by atoms with E-state index in [1.165, 1.54) is 12.1 Å². The van der Waals surface area contributed by atoms with E-state index in [0.717, 1.165) is 43.2 Å². The van der Waals surface area contributed by atoms with Crippen LogP contribution in [0.4, 0.5) is 0 Å². The van der Waals surface area contributed by atoms with Crippen molar-refractivity contribution in [3.05, 3.63) is 38.5 Å². The van der Waals surface area contributed by atoms with Crippen molar-refractivity contribution in [2.45, 2.75) is 38.3 Å². The minimum Gasteiger partial charge on any atom is -0.340 e. The van der Waals surface area contributed by atoms with Gasteiger partial charge in [0, 0.05) is 37.1 Å². The number of hydrogen-bond donors (Lipinski definition) is 0. The smallest absolute Gasteiger partial charge is 0.227 e. The van der Waals surface area contributed by atoms with E-state index in [0.29, 0.717) is 6.42 Å². The summed E-state index contributed by atoms with van der Waals surface area (Å²) in [6.45, 7) is 5.90. The first kappa shape index (κ1) is 15.3. The lowest BCUT2D eigenvalue weighted by atomic mass is 9.83. The molecule has 2 aromatic rings. The van der Waals surface area contributed by atoms with E-state index < -0.39 is 0 Å². The van der Waals surface area contributed by atoms with Crippen LogP contribution >= 0.6 is 22.7 Å². The monoisotopic (exact) mass is 347 g/mol. The highest BCUT2D eigenvalue weighted by Gasteiger charge is 2.49. The summed E-state index contributed by atoms with van der Waals surface area (Å²) < 4.78 is 0. The zero-order valence-electron chi connectivity index (χ0n) is 13.3. The molecule has 4 heterocycles. The molecule has 1 spiro atoms. The largest absolute Gasteiger partial charge is 0.340 e. The molecule has 0 aliphatic carbocycles. The van der Waals surface area contributed by atoms with Gasteiger partial charge in [-0.3, -0.25) is 9.69 Å². The van der Waals surface area contributed by atoms with Crippen LogP contribution in [0.1, 0.15) is 29.1 Å². The zero-order chi connectivity index (χ0) is 15.9. The third-order valence-electron chi connectivity index (χ3n) is 5.16. The lowest BCUT2D eigenvalue weighted by Gasteiger charge is -2.50. The van der Waals surface area contributed by atoms with Gasteiger partial charge in [0.05, 0.1) is 17.1 Å². The van der Waals surface area contributed by atoms with Crippen LogP contribution in [-0.4, -0.2) is 45.9 Å². The van der Waals surface area contributed by atoms with E-state index in [-0.39, 0.29) is 11.4 Å². The Labute approximate surface area is 144 Å². The number of carbonyl (C=O) groups is 1. The first-order valence-electron chi connectivity index (χ1n) is 8.10. The number of rotatable bonds is 4. The molecule has 1 unspecified atom stereocenters. The van der Waals surface area contributed by atoms with Crippen molar-refractivity contribution in [1.29, 1.82) is 0 Å². The molecule has 2 aliphatic rings. The number of thiazole rings is 1. The molecule has 0 bridgehead atoms. The van der Waals surface area contributed by atoms with Crippen LogP contribution in [0.3, 0.4) is 0 Å². The molecule has 2 aromatic heterocycles. The first-order chi connectivity index (χ1) is 11.1. The van der Waals surface area contributed by atoms with Crippen LogP contribution in [0, 0.1) is 6.92 Å². The summed E-state index contributed by atoms with van der Waals surface area (Å²) in [6, 6.07) is 2.05. The molecule has 0 radical (unpaired) electrons. The summed E-state index contributed by atoms with van der Waals surface area (Å²) >= 11 is 3.38. The quantitative estimate of drug-likeness (QED) is 0.853. The molecule has 122 valence electrons. The van der Waals surface area contributed by atoms with Gasteiger partial charge in [-0.05, 0) is 42.2 Å². The lowest BCUT2D eigenvalue weighted by molar-refractivity contribution is -0.130. The molecule has 0 saturated carbocycles. The number of nitrogens with zero attached hydrogens (tertiary/aromatic N) is 3. The Morgan fingerprint density at radius 1 is 1.35 bits per heavy atom. The van der Waals surface area contributed by atoms with Crippen molar-refractivity contribution in [1.82, 2.24) is 14.8 Å². The number of thiophene rings is 1. The van der Waals surface area contributed by atoms with E-state index in [2.05, 4.69) is 38.5 Å². The van der Waals surface area contributed by atoms with E-state index in [9.17, 15) is 4.79 Å². The Kier molecular flexibility index (Phi) is 3.99. The number of aryl methyl sites for hydroxylation is 1. The van der Waals surface area contributed by atoms with Gasteiger partial charge in [0.2, 0.25) is 5.91 Å². The summed E-state index contributed by atoms with van der Waals surface area (Å²) in [5, 5.41) is 7.41. The van der Waals surface area contributed by atoms with Crippen molar-refractivity contribution >= 4 is 28.6 Å². The molecule has 2 fully saturated rings. The van der Waals surface area contributed by atoms with E-state index >= 15 is 0 Å². The maximum atomic E-state index is 12.5. The standard InChI is InChI=1S/C17H21N3OS2/c1-13-18-15(11-23-13)9-20-6-4-17(20)3-5-19(12-17)16(21)8-14-2-7-22-10-14/h2,7,10-11H,3-6,8-9,12H2,1H3. The molecular formula is C17H21N3OS2. The van der Waals surface area contributed by atoms with E-state index in [1.54, 1.807) is 22.7 Å². The predicted molar refractivity (Wildman–Crippen MR) is 93.8 cm³/mol. The van der Waals surface area contributed by atoms with Crippen LogP contribution in [0.25, 0.3) is 0 Å². The van der Waals surface area contributed by atoms with Gasteiger partial charge in [-0.2, -0.15) is 11.3 Å². The fraction of sp³-hybridized carbons (Fsp3) is 0.529. The average Bonchev–Trinajstić information content (AvgIpc) is 3.24. The Morgan fingerprint density at radius 3 is 2.87 bits per heavy atom. The zero-order valence-corrected chi connectivity index (χ0v) is 15.0. The molecule has 2 aliphatic heterocycles. The summed E-state index contributed by atoms with van der Waals surface area (Å²) in [4.78, 5) is 21.7. The number of aromatic nitrogens is 1. The molecule has 2 saturated heterocycles. The molecule has 23 heavy (non-hydrogen) atoms. The van der Waals surface area contributed by atoms with Crippen molar-refractivity contribution in [3.63, 3.8) is 0 Å². The summed E-state index contributed by atoms with van der Waals surface area (Å²) in [5.74, 6) is 0.275. The lowest BCUT2D eigenvalue weighted by Crippen LogP contribution is -2.60. The van der Waals surface area contributed by atoms with Crippen molar-refractivity contribution < 1.29 is 4.79 Å². The van der Waals surface area contributed by atoms with Gasteiger partial charge in [-0.15, -0.1) is 11.3 Å². The van der Waals surface area contributed by atoms with Gasteiger partial charge in [0.25, 0.3) is 0 Å². The minimum absolute atomic E-state index is 0.210. The maximum Gasteiger partial charge on any atom is 0.227 e. The number of hydrogen-bond acceptors (Lipinski definition) is 5. The Hall–Kier alpha value is -1.24. The third-order valence-corrected chi connectivity index (χ3v) is 6.71. The van der Waals surface area contributed by atoms with E-state index in [1.807, 2.05) is 5.38 Å². The fourth-order valence-corrected chi connectivity index (χ4v) is 4.99. The van der Waals surface area contributed by atoms with Crippen molar-refractivity contribution in [2.24, 2.45) is 0 Å². The summed E-state index contributed by atoms with van der Waals surface area (Å²) in [5.41, 5.74) is 2.53. The Morgan fingerprint density at radius 2 is 2.22 bits per heavy atom. The van der Waals surface area contributed by atoms with Gasteiger partial charge in [0.15, 0.2) is 0 Å². The fourth-order valence-electron chi connectivity index (χ4n) is 3.72. The highest BCUT2D eigenvalue weighted by Crippen LogP contribution is 2.40. The molecular weight excluding hydrogens is 326 g/mol. The number of carbonyl (C=O) groups excluding carboxylic acids is 1. The Balaban J connectivity index is 1.38. The predicted octanol–water partition coefficient (Wildman–Crippen LogP) is 2.93. The summed E-state index contributed by atoms with van der Waals surface area (Å²) in [7, 11) is 0. The SMILES string of the molecule is Cc1nc(CN2CCC23CCN(C(=O)Cc2ccsc2)C3)cs1. The topological polar surface area (TPSA) is 36.4 Å². The van der Waals surface area contributed by atoms with Crippen molar-refractivity contribution in [2.75, 3.05) is 19.6 Å². The molecule has 6 heteroatoms. The average molecular weight is 348 g/mol. The molecule has 0 aromatic carbocycles. The van der Waals surface area contributed by atoms with Crippen molar-refractivity contribution in [3.8, 4) is 0 Å². The second-order valence-electron chi connectivity index (χ2n) is 6.63. The Bertz CT molecular complexity index is 697. The highest BCUT2D eigenvalue weighted by atomic mass is 32.1. The second-order valence-corrected chi connectivity index (χ2v) is 8.47. The normalized spacial score (nSPS) is 24.3. The van der Waals surface area contributed by atoms with Gasteiger partial charge in [0.1, 0.15) is 0 Å². The minimum atomic E-state index is 0.210.